The Kier molecular flexibility index (Phi) is 10.1. The van der Waals surface area contributed by atoms with Gasteiger partial charge in [-0.3, -0.25) is 19.5 Å². The molecule has 2 aromatic heterocycles. The molecule has 8 rings (SSSR count). The first-order valence-electron chi connectivity index (χ1n) is 17.7. The van der Waals surface area contributed by atoms with E-state index in [9.17, 15) is 23.5 Å². The number of likely N-dealkylation sites (tertiary alicyclic amines) is 1. The van der Waals surface area contributed by atoms with Crippen molar-refractivity contribution in [3.8, 4) is 16.8 Å². The SMILES string of the molecule is C[C@@H](c1ccccn1)c1ccc2c(c1N)Cc1ccccc1-2.O=C(N[C@@H]1CCN(C2CCCC2)C[C@H]1C(=O)O)c1cn(-c2ccc(F)cc2F)nn1. The molecule has 4 N–H and O–H groups in total. The van der Waals surface area contributed by atoms with Gasteiger partial charge in [-0.2, -0.15) is 0 Å². The molecule has 3 aromatic carbocycles. The number of nitrogens with zero attached hydrogens (tertiary/aromatic N) is 5. The Morgan fingerprint density at radius 1 is 0.981 bits per heavy atom. The molecule has 1 amide bonds. The number of pyridine rings is 1. The van der Waals surface area contributed by atoms with Crippen LogP contribution in [0.1, 0.15) is 77.8 Å². The molecule has 1 aliphatic heterocycles. The number of nitrogens with two attached hydrogens (primary N) is 1. The van der Waals surface area contributed by atoms with Crippen LogP contribution in [-0.2, 0) is 11.2 Å². The average molecular weight is 706 g/mol. The fourth-order valence-corrected chi connectivity index (χ4v) is 7.82. The fraction of sp³-hybridized carbons (Fsp3) is 0.325. The number of nitrogen functional groups attached to an aromatic ring is 1. The van der Waals surface area contributed by atoms with Crippen molar-refractivity contribution >= 4 is 17.6 Å². The maximum Gasteiger partial charge on any atom is 0.309 e. The van der Waals surface area contributed by atoms with Crippen LogP contribution in [0.5, 0.6) is 0 Å². The summed E-state index contributed by atoms with van der Waals surface area (Å²) in [7, 11) is 0. The van der Waals surface area contributed by atoms with Crippen molar-refractivity contribution in [3.63, 3.8) is 0 Å². The minimum absolute atomic E-state index is 0.0452. The number of aliphatic carboxylic acids is 1. The van der Waals surface area contributed by atoms with Gasteiger partial charge in [0.05, 0.1) is 12.1 Å². The summed E-state index contributed by atoms with van der Waals surface area (Å²) in [6.45, 7) is 3.30. The number of halogens is 2. The van der Waals surface area contributed by atoms with Gasteiger partial charge >= 0.3 is 5.97 Å². The van der Waals surface area contributed by atoms with Gasteiger partial charge in [0.15, 0.2) is 11.5 Å². The highest BCUT2D eigenvalue weighted by Crippen LogP contribution is 2.42. The first kappa shape index (κ1) is 34.9. The van der Waals surface area contributed by atoms with Crippen LogP contribution in [0, 0.1) is 17.6 Å². The summed E-state index contributed by atoms with van der Waals surface area (Å²) in [6.07, 6.45) is 9.05. The summed E-state index contributed by atoms with van der Waals surface area (Å²) < 4.78 is 28.1. The third kappa shape index (κ3) is 7.16. The Bertz CT molecular complexity index is 2080. The number of carboxylic acid groups (broad SMARTS) is 1. The summed E-state index contributed by atoms with van der Waals surface area (Å²) in [6, 6.07) is 21.9. The van der Waals surface area contributed by atoms with Crippen molar-refractivity contribution in [1.82, 2.24) is 30.2 Å². The smallest absolute Gasteiger partial charge is 0.309 e. The normalized spacial score (nSPS) is 18.9. The van der Waals surface area contributed by atoms with Crippen molar-refractivity contribution in [3.05, 3.63) is 125 Å². The lowest BCUT2D eigenvalue weighted by atomic mass is 9.90. The summed E-state index contributed by atoms with van der Waals surface area (Å²) in [5.74, 6) is -3.59. The number of benzene rings is 3. The number of aromatic nitrogens is 4. The number of anilines is 1. The number of rotatable bonds is 7. The molecule has 3 heterocycles. The Morgan fingerprint density at radius 2 is 1.77 bits per heavy atom. The van der Waals surface area contributed by atoms with Gasteiger partial charge in [0.2, 0.25) is 0 Å². The van der Waals surface area contributed by atoms with Crippen molar-refractivity contribution in [2.24, 2.45) is 5.92 Å². The molecule has 0 radical (unpaired) electrons. The Hall–Kier alpha value is -5.49. The Morgan fingerprint density at radius 3 is 2.52 bits per heavy atom. The van der Waals surface area contributed by atoms with E-state index in [0.717, 1.165) is 47.9 Å². The highest BCUT2D eigenvalue weighted by molar-refractivity contribution is 5.92. The second-order valence-corrected chi connectivity index (χ2v) is 13.8. The maximum atomic E-state index is 13.9. The zero-order chi connectivity index (χ0) is 36.4. The lowest BCUT2D eigenvalue weighted by Crippen LogP contribution is -2.55. The number of piperidine rings is 1. The van der Waals surface area contributed by atoms with Gasteiger partial charge in [-0.15, -0.1) is 5.10 Å². The minimum Gasteiger partial charge on any atom is -0.481 e. The summed E-state index contributed by atoms with van der Waals surface area (Å²) in [5.41, 5.74) is 14.8. The van der Waals surface area contributed by atoms with Gasteiger partial charge in [0.25, 0.3) is 5.91 Å². The lowest BCUT2D eigenvalue weighted by Gasteiger charge is -2.39. The molecule has 0 spiro atoms. The van der Waals surface area contributed by atoms with Crippen LogP contribution >= 0.6 is 0 Å². The maximum absolute atomic E-state index is 13.9. The van der Waals surface area contributed by atoms with Crippen molar-refractivity contribution in [2.75, 3.05) is 18.8 Å². The predicted molar refractivity (Wildman–Crippen MR) is 193 cm³/mol. The topological polar surface area (TPSA) is 139 Å². The average Bonchev–Trinajstić information content (AvgIpc) is 3.94. The molecule has 12 heteroatoms. The molecule has 10 nitrogen and oxygen atoms in total. The second-order valence-electron chi connectivity index (χ2n) is 13.8. The van der Waals surface area contributed by atoms with E-state index in [4.69, 9.17) is 5.73 Å². The molecule has 5 aromatic rings. The second kappa shape index (κ2) is 15.0. The number of carboxylic acids is 1. The zero-order valence-electron chi connectivity index (χ0n) is 28.9. The van der Waals surface area contributed by atoms with E-state index in [1.165, 1.54) is 52.9 Å². The largest absolute Gasteiger partial charge is 0.481 e. The first-order valence-corrected chi connectivity index (χ1v) is 17.7. The Balaban J connectivity index is 0.000000169. The number of fused-ring (bicyclic) bond motifs is 3. The van der Waals surface area contributed by atoms with Crippen LogP contribution < -0.4 is 11.1 Å². The molecular formula is C40H41F2N7O3. The molecule has 2 fully saturated rings. The van der Waals surface area contributed by atoms with Crippen LogP contribution in [-0.4, -0.2) is 67.0 Å². The Labute approximate surface area is 300 Å². The van der Waals surface area contributed by atoms with Crippen molar-refractivity contribution < 1.29 is 23.5 Å². The van der Waals surface area contributed by atoms with E-state index in [1.54, 1.807) is 0 Å². The van der Waals surface area contributed by atoms with E-state index in [2.05, 4.69) is 74.9 Å². The van der Waals surface area contributed by atoms with Gasteiger partial charge in [0.1, 0.15) is 11.5 Å². The molecule has 1 saturated heterocycles. The number of carbonyl (C=O) groups excluding carboxylic acids is 1. The van der Waals surface area contributed by atoms with Crippen LogP contribution in [0.4, 0.5) is 14.5 Å². The number of nitrogens with one attached hydrogen (secondary N) is 1. The summed E-state index contributed by atoms with van der Waals surface area (Å²) >= 11 is 0. The molecule has 1 saturated carbocycles. The van der Waals surface area contributed by atoms with Crippen LogP contribution in [0.2, 0.25) is 0 Å². The molecule has 2 aliphatic carbocycles. The third-order valence-corrected chi connectivity index (χ3v) is 10.7. The van der Waals surface area contributed by atoms with E-state index in [1.807, 2.05) is 18.3 Å². The van der Waals surface area contributed by atoms with Crippen molar-refractivity contribution in [2.45, 2.75) is 63.5 Å². The minimum atomic E-state index is -0.944. The molecule has 0 unspecified atom stereocenters. The number of carbonyl (C=O) groups is 2. The van der Waals surface area contributed by atoms with Crippen LogP contribution in [0.25, 0.3) is 16.8 Å². The molecule has 0 bridgehead atoms. The van der Waals surface area contributed by atoms with E-state index in [0.29, 0.717) is 25.1 Å². The lowest BCUT2D eigenvalue weighted by molar-refractivity contribution is -0.145. The van der Waals surface area contributed by atoms with Gasteiger partial charge in [-0.25, -0.2) is 13.5 Å². The summed E-state index contributed by atoms with van der Waals surface area (Å²) in [4.78, 5) is 31.1. The standard InChI is InChI=1S/C20H23F2N5O3.C20H18N2/c21-12-5-6-18(15(22)9-12)27-11-17(24-25-27)19(28)23-16-7-8-26(10-14(16)20(29)30)13-3-1-2-4-13;1-13(19-8-4-5-11-22-19)15-9-10-17-16-7-3-2-6-14(16)12-18(17)20(15)21/h5-6,9,11,13-14,16H,1-4,7-8,10H2,(H,23,28)(H,29,30);2-11,13H,12,21H2,1H3/t14-,16-;13-/m11/s1. The summed E-state index contributed by atoms with van der Waals surface area (Å²) in [5, 5.41) is 19.9. The third-order valence-electron chi connectivity index (χ3n) is 10.7. The number of hydrogen-bond donors (Lipinski definition) is 3. The quantitative estimate of drug-likeness (QED) is 0.163. The van der Waals surface area contributed by atoms with Crippen LogP contribution in [0.15, 0.2) is 85.2 Å². The molecule has 268 valence electrons. The highest BCUT2D eigenvalue weighted by atomic mass is 19.1. The first-order chi connectivity index (χ1) is 25.2. The number of hydrogen-bond acceptors (Lipinski definition) is 7. The molecule has 3 atom stereocenters. The highest BCUT2D eigenvalue weighted by Gasteiger charge is 2.38. The molecule has 3 aliphatic rings. The molecule has 52 heavy (non-hydrogen) atoms. The van der Waals surface area contributed by atoms with Gasteiger partial charge in [-0.05, 0) is 71.3 Å². The van der Waals surface area contributed by atoms with Gasteiger partial charge in [0, 0.05) is 61.2 Å². The monoisotopic (exact) mass is 705 g/mol. The van der Waals surface area contributed by atoms with Crippen LogP contribution in [0.3, 0.4) is 0 Å². The van der Waals surface area contributed by atoms with E-state index in [-0.39, 0.29) is 17.3 Å². The van der Waals surface area contributed by atoms with Gasteiger partial charge < -0.3 is 16.2 Å². The number of amides is 1. The van der Waals surface area contributed by atoms with Gasteiger partial charge in [-0.1, -0.05) is 67.4 Å². The zero-order valence-corrected chi connectivity index (χ0v) is 28.9. The van der Waals surface area contributed by atoms with Crippen molar-refractivity contribution in [1.29, 1.82) is 0 Å². The molecular weight excluding hydrogens is 664 g/mol. The van der Waals surface area contributed by atoms with E-state index >= 15 is 0 Å². The fourth-order valence-electron chi connectivity index (χ4n) is 7.82. The predicted octanol–water partition coefficient (Wildman–Crippen LogP) is 6.38. The van der Waals surface area contributed by atoms with E-state index < -0.39 is 35.5 Å².